The van der Waals surface area contributed by atoms with Crippen LogP contribution in [-0.2, 0) is 26.7 Å². The summed E-state index contributed by atoms with van der Waals surface area (Å²) in [7, 11) is 0.405. The van der Waals surface area contributed by atoms with Crippen LogP contribution in [0.4, 0.5) is 0 Å². The minimum atomic E-state index is -3.91. The number of nitrogens with zero attached hydrogens (tertiary/aromatic N) is 7. The van der Waals surface area contributed by atoms with Crippen LogP contribution in [0.2, 0.25) is 0 Å². The van der Waals surface area contributed by atoms with Crippen LogP contribution in [0.5, 0.6) is 17.5 Å². The minimum absolute atomic E-state index is 0.104. The maximum atomic E-state index is 13.8. The number of aromatic nitrogens is 7. The second-order valence-corrected chi connectivity index (χ2v) is 11.6. The van der Waals surface area contributed by atoms with Gasteiger partial charge in [0.2, 0.25) is 11.8 Å². The van der Waals surface area contributed by atoms with E-state index in [1.165, 1.54) is 27.7 Å². The summed E-state index contributed by atoms with van der Waals surface area (Å²) in [5.41, 5.74) is 2.10. The monoisotopic (exact) mass is 567 g/mol. The molecule has 1 aliphatic rings. The molecule has 5 rings (SSSR count). The zero-order chi connectivity index (χ0) is 28.4. The predicted molar refractivity (Wildman–Crippen MR) is 142 cm³/mol. The Balaban J connectivity index is 1.58. The van der Waals surface area contributed by atoms with Gasteiger partial charge in [0.05, 0.1) is 19.5 Å². The fraction of sp³-hybridized carbons (Fsp3) is 0.385. The number of para-hydroxylation sites is 1. The Morgan fingerprint density at radius 1 is 1.02 bits per heavy atom. The summed E-state index contributed by atoms with van der Waals surface area (Å²) in [6.45, 7) is 3.40. The molecule has 1 aliphatic heterocycles. The van der Waals surface area contributed by atoms with Gasteiger partial charge in [0, 0.05) is 25.9 Å². The van der Waals surface area contributed by atoms with Gasteiger partial charge in [0.15, 0.2) is 39.1 Å². The van der Waals surface area contributed by atoms with Gasteiger partial charge in [-0.1, -0.05) is 18.2 Å². The van der Waals surface area contributed by atoms with E-state index in [4.69, 9.17) is 18.9 Å². The van der Waals surface area contributed by atoms with Gasteiger partial charge in [-0.15, -0.1) is 10.2 Å². The highest BCUT2D eigenvalue weighted by Crippen LogP contribution is 2.39. The number of hydrogen-bond donors (Lipinski definition) is 0. The topological polar surface area (TPSA) is 153 Å². The number of aryl methyl sites for hydroxylation is 1. The number of rotatable bonds is 10. The quantitative estimate of drug-likeness (QED) is 0.277. The van der Waals surface area contributed by atoms with Crippen LogP contribution in [0, 0.1) is 6.92 Å². The molecule has 0 saturated carbocycles. The van der Waals surface area contributed by atoms with Crippen molar-refractivity contribution in [3.05, 3.63) is 71.6 Å². The highest BCUT2D eigenvalue weighted by molar-refractivity contribution is 7.91. The average molecular weight is 568 g/mol. The van der Waals surface area contributed by atoms with E-state index in [2.05, 4.69) is 30.1 Å². The molecule has 13 nitrogen and oxygen atoms in total. The SMILES string of the molecule is COc1ncnc(OC)c1-n1c(CS(=O)(=O)[C@@H](C)[C@H](OC)c2ncc(C)cn2)nnc1[C@@H]1Cc2ccccc2O1. The van der Waals surface area contributed by atoms with Crippen LogP contribution in [0.1, 0.15) is 47.7 Å². The molecule has 0 fully saturated rings. The lowest BCUT2D eigenvalue weighted by molar-refractivity contribution is 0.0947. The summed E-state index contributed by atoms with van der Waals surface area (Å²) in [5.74, 6) is 1.25. The van der Waals surface area contributed by atoms with Crippen molar-refractivity contribution >= 4 is 9.84 Å². The van der Waals surface area contributed by atoms with Gasteiger partial charge in [-0.3, -0.25) is 4.57 Å². The molecule has 0 saturated heterocycles. The lowest BCUT2D eigenvalue weighted by Crippen LogP contribution is -2.30. The van der Waals surface area contributed by atoms with E-state index in [0.717, 1.165) is 11.1 Å². The molecule has 3 atom stereocenters. The molecule has 4 heterocycles. The molecule has 0 N–H and O–H groups in total. The Kier molecular flexibility index (Phi) is 7.63. The largest absolute Gasteiger partial charge is 0.482 e. The lowest BCUT2D eigenvalue weighted by atomic mass is 10.1. The molecule has 0 aliphatic carbocycles. The van der Waals surface area contributed by atoms with E-state index < -0.39 is 33.0 Å². The predicted octanol–water partition coefficient (Wildman–Crippen LogP) is 2.54. The second-order valence-electron chi connectivity index (χ2n) is 9.26. The van der Waals surface area contributed by atoms with Gasteiger partial charge in [0.25, 0.3) is 0 Å². The first-order valence-electron chi connectivity index (χ1n) is 12.4. The van der Waals surface area contributed by atoms with Crippen molar-refractivity contribution in [2.24, 2.45) is 0 Å². The summed E-state index contributed by atoms with van der Waals surface area (Å²) in [5, 5.41) is 7.67. The average Bonchev–Trinajstić information content (AvgIpc) is 3.57. The fourth-order valence-electron chi connectivity index (χ4n) is 4.60. The third-order valence-corrected chi connectivity index (χ3v) is 8.73. The highest BCUT2D eigenvalue weighted by Gasteiger charge is 2.37. The zero-order valence-electron chi connectivity index (χ0n) is 22.7. The molecular weight excluding hydrogens is 538 g/mol. The maximum absolute atomic E-state index is 13.8. The van der Waals surface area contributed by atoms with Crippen molar-refractivity contribution in [1.29, 1.82) is 0 Å². The molecular formula is C26H29N7O6S. The van der Waals surface area contributed by atoms with Crippen LogP contribution in [0.25, 0.3) is 5.69 Å². The number of ether oxygens (including phenoxy) is 4. The number of hydrogen-bond acceptors (Lipinski definition) is 12. The van der Waals surface area contributed by atoms with E-state index in [0.29, 0.717) is 18.0 Å². The molecule has 4 aromatic rings. The van der Waals surface area contributed by atoms with Crippen molar-refractivity contribution in [3.63, 3.8) is 0 Å². The Morgan fingerprint density at radius 2 is 1.70 bits per heavy atom. The van der Waals surface area contributed by atoms with Crippen molar-refractivity contribution in [2.45, 2.75) is 43.5 Å². The Morgan fingerprint density at radius 3 is 2.33 bits per heavy atom. The molecule has 210 valence electrons. The van der Waals surface area contributed by atoms with E-state index in [9.17, 15) is 8.42 Å². The van der Waals surface area contributed by atoms with Crippen LogP contribution < -0.4 is 14.2 Å². The van der Waals surface area contributed by atoms with Crippen molar-refractivity contribution < 1.29 is 27.4 Å². The fourth-order valence-corrected chi connectivity index (χ4v) is 6.01. The molecule has 0 unspecified atom stereocenters. The summed E-state index contributed by atoms with van der Waals surface area (Å²) in [6.07, 6.45) is 3.57. The summed E-state index contributed by atoms with van der Waals surface area (Å²) in [6, 6.07) is 7.64. The van der Waals surface area contributed by atoms with Gasteiger partial charge in [-0.2, -0.15) is 9.97 Å². The second kappa shape index (κ2) is 11.1. The first-order chi connectivity index (χ1) is 19.3. The molecule has 1 aromatic carbocycles. The van der Waals surface area contributed by atoms with E-state index in [1.54, 1.807) is 23.9 Å². The summed E-state index contributed by atoms with van der Waals surface area (Å²) >= 11 is 0. The summed E-state index contributed by atoms with van der Waals surface area (Å²) < 4.78 is 51.9. The van der Waals surface area contributed by atoms with Gasteiger partial charge in [-0.25, -0.2) is 18.4 Å². The number of fused-ring (bicyclic) bond motifs is 1. The first kappa shape index (κ1) is 27.4. The third kappa shape index (κ3) is 5.07. The van der Waals surface area contributed by atoms with Crippen LogP contribution >= 0.6 is 0 Å². The molecule has 0 bridgehead atoms. The van der Waals surface area contributed by atoms with Crippen LogP contribution in [0.15, 0.2) is 43.0 Å². The minimum Gasteiger partial charge on any atom is -0.482 e. The molecule has 0 radical (unpaired) electrons. The van der Waals surface area contributed by atoms with Crippen LogP contribution in [0.3, 0.4) is 0 Å². The van der Waals surface area contributed by atoms with Crippen molar-refractivity contribution in [2.75, 3.05) is 21.3 Å². The Bertz CT molecular complexity index is 1560. The molecule has 3 aromatic heterocycles. The number of sulfone groups is 1. The van der Waals surface area contributed by atoms with E-state index in [1.807, 2.05) is 31.2 Å². The van der Waals surface area contributed by atoms with E-state index >= 15 is 0 Å². The Labute approximate surface area is 231 Å². The molecule has 0 spiro atoms. The Hall–Kier alpha value is -4.17. The van der Waals surface area contributed by atoms with Gasteiger partial charge >= 0.3 is 0 Å². The number of methoxy groups -OCH3 is 3. The molecule has 14 heteroatoms. The lowest BCUT2D eigenvalue weighted by Gasteiger charge is -2.22. The number of benzene rings is 1. The standard InChI is InChI=1S/C26H29N7O6S/c1-15-11-27-23(28-12-15)22(36-3)16(2)40(34,35)13-20-31-32-24(19-10-17-8-6-7-9-18(17)39-19)33(20)21-25(37-4)29-14-30-26(21)38-5/h6-9,11-12,14,16,19,22H,10,13H2,1-5H3/t16-,19-,22-/m0/s1. The van der Waals surface area contributed by atoms with Crippen molar-refractivity contribution in [3.8, 4) is 23.2 Å². The molecule has 40 heavy (non-hydrogen) atoms. The smallest absolute Gasteiger partial charge is 0.245 e. The van der Waals surface area contributed by atoms with Crippen molar-refractivity contribution in [1.82, 2.24) is 34.7 Å². The van der Waals surface area contributed by atoms with Gasteiger partial charge < -0.3 is 18.9 Å². The third-order valence-electron chi connectivity index (χ3n) is 6.69. The normalized spacial score (nSPS) is 16.2. The maximum Gasteiger partial charge on any atom is 0.245 e. The molecule has 0 amide bonds. The summed E-state index contributed by atoms with van der Waals surface area (Å²) in [4.78, 5) is 17.0. The van der Waals surface area contributed by atoms with E-state index in [-0.39, 0.29) is 29.1 Å². The highest BCUT2D eigenvalue weighted by atomic mass is 32.2. The first-order valence-corrected chi connectivity index (χ1v) is 14.1. The van der Waals surface area contributed by atoms with Crippen LogP contribution in [-0.4, -0.2) is 69.7 Å². The zero-order valence-corrected chi connectivity index (χ0v) is 23.5. The van der Waals surface area contributed by atoms with Gasteiger partial charge in [0.1, 0.15) is 23.9 Å². The van der Waals surface area contributed by atoms with Gasteiger partial charge in [-0.05, 0) is 31.0 Å².